The molecule has 1 N–H and O–H groups in total. The van der Waals surface area contributed by atoms with Gasteiger partial charge in [0.05, 0.1) is 0 Å². The number of nitrogens with one attached hydrogen (secondary N) is 1. The average Bonchev–Trinajstić information content (AvgIpc) is 3.11. The van der Waals surface area contributed by atoms with E-state index >= 15 is 0 Å². The first-order valence-corrected chi connectivity index (χ1v) is 7.10. The molecule has 1 amide bonds. The molecular formula is C14H25NO. The van der Waals surface area contributed by atoms with Crippen molar-refractivity contribution in [3.05, 3.63) is 0 Å². The third-order valence-electron chi connectivity index (χ3n) is 4.11. The average molecular weight is 223 g/mol. The van der Waals surface area contributed by atoms with Gasteiger partial charge in [0, 0.05) is 12.0 Å². The first kappa shape index (κ1) is 11.9. The molecule has 0 atom stereocenters. The van der Waals surface area contributed by atoms with Gasteiger partial charge in [-0.15, -0.1) is 0 Å². The van der Waals surface area contributed by atoms with Gasteiger partial charge in [-0.2, -0.15) is 0 Å². The fourth-order valence-corrected chi connectivity index (χ4v) is 2.75. The largest absolute Gasteiger partial charge is 0.353 e. The normalized spacial score (nSPS) is 30.1. The summed E-state index contributed by atoms with van der Waals surface area (Å²) in [6, 6.07) is 0.533. The van der Waals surface area contributed by atoms with Gasteiger partial charge in [-0.05, 0) is 44.4 Å². The smallest absolute Gasteiger partial charge is 0.223 e. The van der Waals surface area contributed by atoms with E-state index in [2.05, 4.69) is 12.2 Å². The maximum atomic E-state index is 11.9. The quantitative estimate of drug-likeness (QED) is 0.761. The molecule has 0 bridgehead atoms. The van der Waals surface area contributed by atoms with Crippen molar-refractivity contribution in [3.8, 4) is 0 Å². The van der Waals surface area contributed by atoms with Gasteiger partial charge in [-0.1, -0.05) is 26.2 Å². The highest BCUT2D eigenvalue weighted by Crippen LogP contribution is 2.32. The maximum Gasteiger partial charge on any atom is 0.223 e. The van der Waals surface area contributed by atoms with Crippen LogP contribution >= 0.6 is 0 Å². The minimum atomic E-state index is 0.332. The molecule has 2 nitrogen and oxygen atoms in total. The predicted octanol–water partition coefficient (Wildman–Crippen LogP) is 3.26. The lowest BCUT2D eigenvalue weighted by molar-refractivity contribution is -0.126. The van der Waals surface area contributed by atoms with Gasteiger partial charge >= 0.3 is 0 Å². The van der Waals surface area contributed by atoms with E-state index in [1.54, 1.807) is 0 Å². The molecular weight excluding hydrogens is 198 g/mol. The minimum absolute atomic E-state index is 0.332. The van der Waals surface area contributed by atoms with Crippen LogP contribution in [0.5, 0.6) is 0 Å². The van der Waals surface area contributed by atoms with E-state index < -0.39 is 0 Å². The number of carbonyl (C=O) groups is 1. The van der Waals surface area contributed by atoms with E-state index in [0.717, 1.165) is 18.8 Å². The van der Waals surface area contributed by atoms with Crippen LogP contribution in [0.1, 0.15) is 64.7 Å². The summed E-state index contributed by atoms with van der Waals surface area (Å²) in [5.41, 5.74) is 0. The molecule has 0 aromatic carbocycles. The Bertz CT molecular complexity index is 227. The number of carbonyl (C=O) groups excluding carboxylic acids is 1. The van der Waals surface area contributed by atoms with E-state index in [9.17, 15) is 4.79 Å². The van der Waals surface area contributed by atoms with Crippen LogP contribution in [0.15, 0.2) is 0 Å². The molecule has 0 spiro atoms. The van der Waals surface area contributed by atoms with Crippen molar-refractivity contribution in [3.63, 3.8) is 0 Å². The molecule has 0 aromatic rings. The minimum Gasteiger partial charge on any atom is -0.353 e. The third-order valence-corrected chi connectivity index (χ3v) is 4.11. The lowest BCUT2D eigenvalue weighted by atomic mass is 9.79. The number of hydrogen-bond donors (Lipinski definition) is 1. The molecule has 0 radical (unpaired) electrons. The molecule has 2 aliphatic rings. The van der Waals surface area contributed by atoms with Gasteiger partial charge in [0.2, 0.25) is 5.91 Å². The Labute approximate surface area is 99.2 Å². The molecule has 0 heterocycles. The summed E-state index contributed by atoms with van der Waals surface area (Å²) in [5, 5.41) is 3.14. The van der Waals surface area contributed by atoms with E-state index in [1.165, 1.54) is 44.9 Å². The molecule has 2 heteroatoms. The standard InChI is InChI=1S/C14H25NO/c1-2-3-4-11-5-7-12(8-6-11)14(16)15-13-9-10-13/h11-13H,2-10H2,1H3,(H,15,16). The highest BCUT2D eigenvalue weighted by Gasteiger charge is 2.30. The summed E-state index contributed by atoms with van der Waals surface area (Å²) >= 11 is 0. The van der Waals surface area contributed by atoms with Crippen LogP contribution < -0.4 is 5.32 Å². The van der Waals surface area contributed by atoms with Crippen molar-refractivity contribution in [1.82, 2.24) is 5.32 Å². The van der Waals surface area contributed by atoms with Gasteiger partial charge in [-0.3, -0.25) is 4.79 Å². The summed E-state index contributed by atoms with van der Waals surface area (Å²) in [6.07, 6.45) is 11.3. The van der Waals surface area contributed by atoms with E-state index in [-0.39, 0.29) is 0 Å². The molecule has 16 heavy (non-hydrogen) atoms. The predicted molar refractivity (Wildman–Crippen MR) is 66.1 cm³/mol. The third kappa shape index (κ3) is 3.50. The number of hydrogen-bond acceptors (Lipinski definition) is 1. The zero-order valence-corrected chi connectivity index (χ0v) is 10.5. The Kier molecular flexibility index (Phi) is 4.25. The fourth-order valence-electron chi connectivity index (χ4n) is 2.75. The lowest BCUT2D eigenvalue weighted by Gasteiger charge is -2.27. The van der Waals surface area contributed by atoms with Gasteiger partial charge in [-0.25, -0.2) is 0 Å². The van der Waals surface area contributed by atoms with Crippen LogP contribution in [-0.4, -0.2) is 11.9 Å². The van der Waals surface area contributed by atoms with Crippen molar-refractivity contribution in [1.29, 1.82) is 0 Å². The molecule has 0 unspecified atom stereocenters. The fraction of sp³-hybridized carbons (Fsp3) is 0.929. The van der Waals surface area contributed by atoms with Crippen molar-refractivity contribution in [2.24, 2.45) is 11.8 Å². The number of amides is 1. The van der Waals surface area contributed by atoms with Gasteiger partial charge in [0.25, 0.3) is 0 Å². The second-order valence-electron chi connectivity index (χ2n) is 5.64. The summed E-state index contributed by atoms with van der Waals surface area (Å²) in [5.74, 6) is 1.58. The number of rotatable bonds is 5. The van der Waals surface area contributed by atoms with Gasteiger partial charge in [0.15, 0.2) is 0 Å². The molecule has 92 valence electrons. The Hall–Kier alpha value is -0.530. The molecule has 0 aliphatic heterocycles. The molecule has 0 aromatic heterocycles. The molecule has 0 saturated heterocycles. The van der Waals surface area contributed by atoms with Crippen molar-refractivity contribution in [2.45, 2.75) is 70.8 Å². The second kappa shape index (κ2) is 5.70. The maximum absolute atomic E-state index is 11.9. The van der Waals surface area contributed by atoms with Crippen LogP contribution in [0.25, 0.3) is 0 Å². The zero-order valence-electron chi connectivity index (χ0n) is 10.5. The van der Waals surface area contributed by atoms with Crippen LogP contribution in [0.3, 0.4) is 0 Å². The molecule has 2 fully saturated rings. The Morgan fingerprint density at radius 2 is 1.81 bits per heavy atom. The van der Waals surface area contributed by atoms with Crippen molar-refractivity contribution < 1.29 is 4.79 Å². The van der Waals surface area contributed by atoms with Crippen molar-refractivity contribution in [2.75, 3.05) is 0 Å². The first-order valence-electron chi connectivity index (χ1n) is 7.10. The highest BCUT2D eigenvalue weighted by atomic mass is 16.2. The van der Waals surface area contributed by atoms with Gasteiger partial charge in [0.1, 0.15) is 0 Å². The van der Waals surface area contributed by atoms with E-state index in [0.29, 0.717) is 17.9 Å². The summed E-state index contributed by atoms with van der Waals surface area (Å²) in [4.78, 5) is 11.9. The summed E-state index contributed by atoms with van der Waals surface area (Å²) in [7, 11) is 0. The van der Waals surface area contributed by atoms with Crippen molar-refractivity contribution >= 4 is 5.91 Å². The summed E-state index contributed by atoms with van der Waals surface area (Å²) in [6.45, 7) is 2.26. The Balaban J connectivity index is 1.65. The zero-order chi connectivity index (χ0) is 11.4. The monoisotopic (exact) mass is 223 g/mol. The Morgan fingerprint density at radius 1 is 1.12 bits per heavy atom. The SMILES string of the molecule is CCCCC1CCC(C(=O)NC2CC2)CC1. The van der Waals surface area contributed by atoms with Crippen LogP contribution in [0, 0.1) is 11.8 Å². The molecule has 2 rings (SSSR count). The van der Waals surface area contributed by atoms with Crippen LogP contribution in [-0.2, 0) is 4.79 Å². The highest BCUT2D eigenvalue weighted by molar-refractivity contribution is 5.79. The van der Waals surface area contributed by atoms with E-state index in [1.807, 2.05) is 0 Å². The lowest BCUT2D eigenvalue weighted by Crippen LogP contribution is -2.34. The van der Waals surface area contributed by atoms with E-state index in [4.69, 9.17) is 0 Å². The van der Waals surface area contributed by atoms with Gasteiger partial charge < -0.3 is 5.32 Å². The first-order chi connectivity index (χ1) is 7.79. The molecule has 2 saturated carbocycles. The Morgan fingerprint density at radius 3 is 2.38 bits per heavy atom. The van der Waals surface area contributed by atoms with Crippen LogP contribution in [0.4, 0.5) is 0 Å². The second-order valence-corrected chi connectivity index (χ2v) is 5.64. The molecule has 2 aliphatic carbocycles. The summed E-state index contributed by atoms with van der Waals surface area (Å²) < 4.78 is 0. The topological polar surface area (TPSA) is 29.1 Å². The van der Waals surface area contributed by atoms with Crippen LogP contribution in [0.2, 0.25) is 0 Å². The number of unbranched alkanes of at least 4 members (excludes halogenated alkanes) is 1.